The minimum Gasteiger partial charge on any atom is -0.494 e. The number of hydrogen-bond acceptors (Lipinski definition) is 4. The first kappa shape index (κ1) is 24.0. The maximum Gasteiger partial charge on any atom is 0.416 e. The van der Waals surface area contributed by atoms with E-state index in [0.717, 1.165) is 23.3 Å². The Hall–Kier alpha value is -3.62. The third kappa shape index (κ3) is 5.24. The van der Waals surface area contributed by atoms with Gasteiger partial charge in [0.05, 0.1) is 23.2 Å². The summed E-state index contributed by atoms with van der Waals surface area (Å²) in [4.78, 5) is 27.1. The van der Waals surface area contributed by atoms with Crippen LogP contribution in [0.4, 0.5) is 13.2 Å². The molecular formula is C24H24F3N3O3. The first-order valence-corrected chi connectivity index (χ1v) is 10.2. The van der Waals surface area contributed by atoms with E-state index in [1.54, 1.807) is 19.1 Å². The van der Waals surface area contributed by atoms with Crippen molar-refractivity contribution in [1.29, 1.82) is 0 Å². The van der Waals surface area contributed by atoms with E-state index in [9.17, 15) is 27.9 Å². The molecule has 174 valence electrons. The summed E-state index contributed by atoms with van der Waals surface area (Å²) in [5, 5.41) is 11.5. The van der Waals surface area contributed by atoms with Crippen molar-refractivity contribution in [1.82, 2.24) is 4.57 Å². The maximum atomic E-state index is 13.4. The van der Waals surface area contributed by atoms with E-state index in [-0.39, 0.29) is 47.8 Å². The van der Waals surface area contributed by atoms with Gasteiger partial charge in [0.2, 0.25) is 11.8 Å². The molecule has 1 aromatic heterocycles. The monoisotopic (exact) mass is 459 g/mol. The summed E-state index contributed by atoms with van der Waals surface area (Å²) in [5.41, 5.74) is 7.15. The highest BCUT2D eigenvalue weighted by Crippen LogP contribution is 2.39. The summed E-state index contributed by atoms with van der Waals surface area (Å²) >= 11 is 0. The van der Waals surface area contributed by atoms with Gasteiger partial charge in [0, 0.05) is 29.6 Å². The fourth-order valence-corrected chi connectivity index (χ4v) is 3.78. The lowest BCUT2D eigenvalue weighted by atomic mass is 10.1. The number of fused-ring (bicyclic) bond motifs is 1. The molecule has 9 heteroatoms. The van der Waals surface area contributed by atoms with E-state index in [1.807, 2.05) is 19.9 Å². The number of benzene rings is 2. The lowest BCUT2D eigenvalue weighted by Crippen LogP contribution is -2.14. The standard InChI is InChI=1S/C24H24F3N3O3/c1-13-8-14(2)10-17(9-13)30-20-11-16(24(25,26)27)4-6-19(20)22(23(30)33)15(3)29-12-18(31)5-7-21(28)32/h4,6,8-11,33H,5,7,12H2,1-3H3,(H2,28,32). The Morgan fingerprint density at radius 2 is 1.70 bits per heavy atom. The number of aliphatic imine (C=N–C) groups is 1. The molecule has 1 amide bonds. The van der Waals surface area contributed by atoms with Gasteiger partial charge in [-0.15, -0.1) is 0 Å². The van der Waals surface area contributed by atoms with Crippen LogP contribution in [0.3, 0.4) is 0 Å². The minimum absolute atomic E-state index is 0.0582. The van der Waals surface area contributed by atoms with Gasteiger partial charge in [-0.25, -0.2) is 0 Å². The number of aromatic nitrogens is 1. The molecule has 6 nitrogen and oxygen atoms in total. The fraction of sp³-hybridized carbons (Fsp3) is 0.292. The third-order valence-corrected chi connectivity index (χ3v) is 5.24. The molecule has 1 heterocycles. The minimum atomic E-state index is -4.56. The number of ketones is 1. The smallest absolute Gasteiger partial charge is 0.416 e. The van der Waals surface area contributed by atoms with Crippen molar-refractivity contribution < 1.29 is 27.9 Å². The highest BCUT2D eigenvalue weighted by molar-refractivity contribution is 6.13. The van der Waals surface area contributed by atoms with Gasteiger partial charge in [0.25, 0.3) is 0 Å². The Labute approximate surface area is 188 Å². The average molecular weight is 459 g/mol. The van der Waals surface area contributed by atoms with Crippen molar-refractivity contribution >= 4 is 28.3 Å². The number of primary amides is 1. The molecule has 2 aromatic carbocycles. The largest absolute Gasteiger partial charge is 0.494 e. The molecule has 3 aromatic rings. The zero-order valence-electron chi connectivity index (χ0n) is 18.5. The van der Waals surface area contributed by atoms with Crippen LogP contribution in [-0.4, -0.2) is 33.6 Å². The zero-order chi connectivity index (χ0) is 24.5. The number of amides is 1. The van der Waals surface area contributed by atoms with E-state index < -0.39 is 17.6 Å². The Balaban J connectivity index is 2.18. The van der Waals surface area contributed by atoms with Gasteiger partial charge >= 0.3 is 6.18 Å². The molecule has 0 saturated carbocycles. The Bertz CT molecular complexity index is 1250. The quantitative estimate of drug-likeness (QED) is 0.505. The number of Topliss-reactive ketones (excluding diaryl/α,β-unsaturated/α-hetero) is 1. The molecular weight excluding hydrogens is 435 g/mol. The highest BCUT2D eigenvalue weighted by Gasteiger charge is 2.32. The molecule has 3 rings (SSSR count). The van der Waals surface area contributed by atoms with E-state index in [4.69, 9.17) is 5.73 Å². The van der Waals surface area contributed by atoms with E-state index in [0.29, 0.717) is 11.1 Å². The molecule has 3 N–H and O–H groups in total. The molecule has 0 atom stereocenters. The van der Waals surface area contributed by atoms with Crippen LogP contribution in [-0.2, 0) is 15.8 Å². The van der Waals surface area contributed by atoms with Crippen LogP contribution in [0.5, 0.6) is 5.88 Å². The number of alkyl halides is 3. The predicted octanol–water partition coefficient (Wildman–Crippen LogP) is 4.62. The number of halogens is 3. The first-order valence-electron chi connectivity index (χ1n) is 10.2. The average Bonchev–Trinajstić information content (AvgIpc) is 3.00. The zero-order valence-corrected chi connectivity index (χ0v) is 18.5. The molecule has 33 heavy (non-hydrogen) atoms. The summed E-state index contributed by atoms with van der Waals surface area (Å²) in [7, 11) is 0. The molecule has 0 spiro atoms. The van der Waals surface area contributed by atoms with Crippen molar-refractivity contribution in [2.75, 3.05) is 6.54 Å². The number of aryl methyl sites for hydroxylation is 2. The van der Waals surface area contributed by atoms with Crippen molar-refractivity contribution in [3.8, 4) is 11.6 Å². The summed E-state index contributed by atoms with van der Waals surface area (Å²) in [6, 6.07) is 8.66. The van der Waals surface area contributed by atoms with Crippen molar-refractivity contribution in [3.63, 3.8) is 0 Å². The number of aromatic hydroxyl groups is 1. The molecule has 0 fully saturated rings. The van der Waals surface area contributed by atoms with Crippen LogP contribution in [0.25, 0.3) is 16.6 Å². The second-order valence-electron chi connectivity index (χ2n) is 8.02. The lowest BCUT2D eigenvalue weighted by molar-refractivity contribution is -0.137. The molecule has 0 bridgehead atoms. The van der Waals surface area contributed by atoms with E-state index in [1.165, 1.54) is 10.6 Å². The van der Waals surface area contributed by atoms with Crippen molar-refractivity contribution in [3.05, 3.63) is 58.7 Å². The highest BCUT2D eigenvalue weighted by atomic mass is 19.4. The van der Waals surface area contributed by atoms with Crippen LogP contribution >= 0.6 is 0 Å². The van der Waals surface area contributed by atoms with E-state index in [2.05, 4.69) is 4.99 Å². The molecule has 0 aliphatic heterocycles. The summed E-state index contributed by atoms with van der Waals surface area (Å²) < 4.78 is 41.6. The SMILES string of the molecule is CC(=NCC(=O)CCC(N)=O)c1c(O)n(-c2cc(C)cc(C)c2)c2cc(C(F)(F)F)ccc12. The van der Waals surface area contributed by atoms with E-state index >= 15 is 0 Å². The summed E-state index contributed by atoms with van der Waals surface area (Å²) in [5.74, 6) is -1.19. The van der Waals surface area contributed by atoms with Gasteiger partial charge in [-0.05, 0) is 56.2 Å². The fourth-order valence-electron chi connectivity index (χ4n) is 3.78. The number of hydrogen-bond donors (Lipinski definition) is 2. The van der Waals surface area contributed by atoms with Gasteiger partial charge in [-0.3, -0.25) is 19.1 Å². The molecule has 0 saturated heterocycles. The first-order chi connectivity index (χ1) is 15.4. The Morgan fingerprint density at radius 3 is 2.27 bits per heavy atom. The van der Waals surface area contributed by atoms with Crippen LogP contribution in [0, 0.1) is 13.8 Å². The lowest BCUT2D eigenvalue weighted by Gasteiger charge is -2.11. The predicted molar refractivity (Wildman–Crippen MR) is 120 cm³/mol. The van der Waals surface area contributed by atoms with Gasteiger partial charge in [-0.1, -0.05) is 12.1 Å². The number of nitrogens with two attached hydrogens (primary N) is 1. The number of carbonyl (C=O) groups is 2. The van der Waals surface area contributed by atoms with Crippen molar-refractivity contribution in [2.45, 2.75) is 39.8 Å². The number of carbonyl (C=O) groups excluding carboxylic acids is 2. The molecule has 0 aliphatic carbocycles. The van der Waals surface area contributed by atoms with Crippen LogP contribution in [0.15, 0.2) is 41.4 Å². The van der Waals surface area contributed by atoms with Crippen LogP contribution < -0.4 is 5.73 Å². The third-order valence-electron chi connectivity index (χ3n) is 5.24. The molecule has 0 unspecified atom stereocenters. The maximum absolute atomic E-state index is 13.4. The van der Waals surface area contributed by atoms with Crippen molar-refractivity contribution in [2.24, 2.45) is 10.7 Å². The second kappa shape index (κ2) is 9.09. The summed E-state index contributed by atoms with van der Waals surface area (Å²) in [6.07, 6.45) is -4.71. The van der Waals surface area contributed by atoms with Gasteiger partial charge in [-0.2, -0.15) is 13.2 Å². The topological polar surface area (TPSA) is 97.7 Å². The number of rotatable bonds is 7. The Kier molecular flexibility index (Phi) is 6.62. The normalized spacial score (nSPS) is 12.4. The summed E-state index contributed by atoms with van der Waals surface area (Å²) in [6.45, 7) is 5.03. The van der Waals surface area contributed by atoms with Crippen LogP contribution in [0.2, 0.25) is 0 Å². The van der Waals surface area contributed by atoms with Gasteiger partial charge in [0.1, 0.15) is 0 Å². The molecule has 0 aliphatic rings. The van der Waals surface area contributed by atoms with Gasteiger partial charge in [0.15, 0.2) is 5.78 Å². The number of nitrogens with zero attached hydrogens (tertiary/aromatic N) is 2. The van der Waals surface area contributed by atoms with Crippen LogP contribution in [0.1, 0.15) is 42.0 Å². The Morgan fingerprint density at radius 1 is 1.06 bits per heavy atom. The molecule has 0 radical (unpaired) electrons. The van der Waals surface area contributed by atoms with Gasteiger partial charge < -0.3 is 10.8 Å². The second-order valence-corrected chi connectivity index (χ2v) is 8.02.